The first kappa shape index (κ1) is 18.7. The molecule has 5 nitrogen and oxygen atoms in total. The summed E-state index contributed by atoms with van der Waals surface area (Å²) in [7, 11) is 1.40. The molecule has 146 valence electrons. The standard InChI is InChI=1S/C23H26N2O3/c1-15-18(12-13-19(24-15)16-8-4-3-5-9-16)22(26)25-20-11-7-6-10-17(20)14-21(25)23(27)28-2/h3-5,8-9,12-13,17,20-21H,6-7,10-11,14H2,1-2H3. The van der Waals surface area contributed by atoms with Crippen LogP contribution >= 0.6 is 0 Å². The molecule has 0 bridgehead atoms. The smallest absolute Gasteiger partial charge is 0.328 e. The maximum atomic E-state index is 13.5. The van der Waals surface area contributed by atoms with E-state index in [1.54, 1.807) is 4.90 Å². The molecule has 2 aromatic rings. The number of nitrogens with zero attached hydrogens (tertiary/aromatic N) is 2. The number of ether oxygens (including phenoxy) is 1. The molecule has 1 aromatic carbocycles. The molecule has 3 atom stereocenters. The largest absolute Gasteiger partial charge is 0.467 e. The molecule has 0 N–H and O–H groups in total. The lowest BCUT2D eigenvalue weighted by Gasteiger charge is -2.33. The molecular formula is C23H26N2O3. The van der Waals surface area contributed by atoms with Crippen molar-refractivity contribution >= 4 is 11.9 Å². The molecule has 1 aliphatic heterocycles. The summed E-state index contributed by atoms with van der Waals surface area (Å²) in [6, 6.07) is 13.3. The van der Waals surface area contributed by atoms with E-state index in [4.69, 9.17) is 4.74 Å². The van der Waals surface area contributed by atoms with Crippen molar-refractivity contribution in [2.24, 2.45) is 5.92 Å². The van der Waals surface area contributed by atoms with Crippen LogP contribution in [0.15, 0.2) is 42.5 Å². The summed E-state index contributed by atoms with van der Waals surface area (Å²) >= 11 is 0. The number of likely N-dealkylation sites (tertiary alicyclic amines) is 1. The predicted octanol–water partition coefficient (Wildman–Crippen LogP) is 4.00. The Balaban J connectivity index is 1.66. The molecule has 2 fully saturated rings. The molecule has 0 spiro atoms. The van der Waals surface area contributed by atoms with Gasteiger partial charge in [0.05, 0.1) is 24.1 Å². The van der Waals surface area contributed by atoms with Gasteiger partial charge in [0, 0.05) is 11.6 Å². The Morgan fingerprint density at radius 2 is 1.82 bits per heavy atom. The molecule has 1 saturated carbocycles. The first-order valence-electron chi connectivity index (χ1n) is 10.0. The number of aromatic nitrogens is 1. The topological polar surface area (TPSA) is 59.5 Å². The summed E-state index contributed by atoms with van der Waals surface area (Å²) in [6.45, 7) is 1.86. The highest BCUT2D eigenvalue weighted by molar-refractivity contribution is 5.98. The third-order valence-electron chi connectivity index (χ3n) is 6.18. The predicted molar refractivity (Wildman–Crippen MR) is 107 cm³/mol. The molecule has 0 radical (unpaired) electrons. The molecule has 2 aliphatic rings. The van der Waals surface area contributed by atoms with Gasteiger partial charge in [-0.1, -0.05) is 43.2 Å². The van der Waals surface area contributed by atoms with Crippen molar-refractivity contribution in [1.82, 2.24) is 9.88 Å². The number of hydrogen-bond acceptors (Lipinski definition) is 4. The van der Waals surface area contributed by atoms with Crippen molar-refractivity contribution in [2.45, 2.75) is 51.1 Å². The van der Waals surface area contributed by atoms with E-state index in [0.717, 1.165) is 30.5 Å². The second-order valence-electron chi connectivity index (χ2n) is 7.79. The van der Waals surface area contributed by atoms with Crippen LogP contribution < -0.4 is 0 Å². The van der Waals surface area contributed by atoms with Gasteiger partial charge in [0.1, 0.15) is 6.04 Å². The number of carbonyl (C=O) groups excluding carboxylic acids is 2. The Hall–Kier alpha value is -2.69. The number of pyridine rings is 1. The van der Waals surface area contributed by atoms with Crippen molar-refractivity contribution < 1.29 is 14.3 Å². The highest BCUT2D eigenvalue weighted by atomic mass is 16.5. The Morgan fingerprint density at radius 1 is 1.07 bits per heavy atom. The van der Waals surface area contributed by atoms with Crippen molar-refractivity contribution in [2.75, 3.05) is 7.11 Å². The molecule has 1 aromatic heterocycles. The summed E-state index contributed by atoms with van der Waals surface area (Å²) in [6.07, 6.45) is 5.01. The average Bonchev–Trinajstić information content (AvgIpc) is 3.13. The van der Waals surface area contributed by atoms with E-state index in [9.17, 15) is 9.59 Å². The van der Waals surface area contributed by atoms with Gasteiger partial charge in [-0.3, -0.25) is 9.78 Å². The van der Waals surface area contributed by atoms with E-state index < -0.39 is 6.04 Å². The number of fused-ring (bicyclic) bond motifs is 1. The van der Waals surface area contributed by atoms with Crippen molar-refractivity contribution in [3.8, 4) is 11.3 Å². The normalized spacial score (nSPS) is 23.9. The van der Waals surface area contributed by atoms with Crippen molar-refractivity contribution in [3.05, 3.63) is 53.7 Å². The van der Waals surface area contributed by atoms with Crippen LogP contribution in [0.25, 0.3) is 11.3 Å². The fraction of sp³-hybridized carbons (Fsp3) is 0.435. The Kier molecular flexibility index (Phi) is 5.16. The third kappa shape index (κ3) is 3.30. The summed E-state index contributed by atoms with van der Waals surface area (Å²) in [5.41, 5.74) is 3.12. The van der Waals surface area contributed by atoms with E-state index in [0.29, 0.717) is 23.6 Å². The molecule has 2 heterocycles. The van der Waals surface area contributed by atoms with Gasteiger partial charge in [-0.15, -0.1) is 0 Å². The average molecular weight is 378 g/mol. The Bertz CT molecular complexity index is 881. The van der Waals surface area contributed by atoms with Gasteiger partial charge in [-0.05, 0) is 44.2 Å². The first-order valence-corrected chi connectivity index (χ1v) is 10.0. The number of rotatable bonds is 3. The fourth-order valence-electron chi connectivity index (χ4n) is 4.79. The molecule has 3 unspecified atom stereocenters. The minimum absolute atomic E-state index is 0.102. The summed E-state index contributed by atoms with van der Waals surface area (Å²) in [4.78, 5) is 32.3. The second-order valence-corrected chi connectivity index (χ2v) is 7.79. The molecular weight excluding hydrogens is 352 g/mol. The van der Waals surface area contributed by atoms with Gasteiger partial charge in [0.2, 0.25) is 0 Å². The minimum Gasteiger partial charge on any atom is -0.467 e. The third-order valence-corrected chi connectivity index (χ3v) is 6.18. The first-order chi connectivity index (χ1) is 13.6. The quantitative estimate of drug-likeness (QED) is 0.758. The number of amides is 1. The van der Waals surface area contributed by atoms with E-state index in [2.05, 4.69) is 4.98 Å². The van der Waals surface area contributed by atoms with E-state index in [-0.39, 0.29) is 17.9 Å². The summed E-state index contributed by atoms with van der Waals surface area (Å²) in [5.74, 6) is -0.0256. The van der Waals surface area contributed by atoms with Crippen LogP contribution in [0.1, 0.15) is 48.2 Å². The molecule has 4 rings (SSSR count). The zero-order chi connectivity index (χ0) is 19.7. The fourth-order valence-corrected chi connectivity index (χ4v) is 4.79. The number of benzene rings is 1. The number of aryl methyl sites for hydroxylation is 1. The van der Waals surface area contributed by atoms with Gasteiger partial charge in [-0.25, -0.2) is 4.79 Å². The highest BCUT2D eigenvalue weighted by Gasteiger charge is 2.48. The van der Waals surface area contributed by atoms with Crippen LogP contribution in [0.3, 0.4) is 0 Å². The number of carbonyl (C=O) groups is 2. The van der Waals surface area contributed by atoms with Gasteiger partial charge >= 0.3 is 5.97 Å². The lowest BCUT2D eigenvalue weighted by Crippen LogP contribution is -2.46. The van der Waals surface area contributed by atoms with Crippen LogP contribution in [-0.4, -0.2) is 41.0 Å². The van der Waals surface area contributed by atoms with Crippen molar-refractivity contribution in [3.63, 3.8) is 0 Å². The maximum absolute atomic E-state index is 13.5. The second kappa shape index (κ2) is 7.74. The number of methoxy groups -OCH3 is 1. The minimum atomic E-state index is -0.487. The van der Waals surface area contributed by atoms with Gasteiger partial charge < -0.3 is 9.64 Å². The zero-order valence-corrected chi connectivity index (χ0v) is 16.4. The SMILES string of the molecule is COC(=O)C1CC2CCCCC2N1C(=O)c1ccc(-c2ccccc2)nc1C. The van der Waals surface area contributed by atoms with Gasteiger partial charge in [0.15, 0.2) is 0 Å². The van der Waals surface area contributed by atoms with Crippen LogP contribution in [0, 0.1) is 12.8 Å². The van der Waals surface area contributed by atoms with Crippen LogP contribution in [-0.2, 0) is 9.53 Å². The zero-order valence-electron chi connectivity index (χ0n) is 16.4. The molecule has 1 saturated heterocycles. The Labute approximate surface area is 165 Å². The van der Waals surface area contributed by atoms with E-state index in [1.807, 2.05) is 49.4 Å². The van der Waals surface area contributed by atoms with E-state index in [1.165, 1.54) is 13.5 Å². The lowest BCUT2D eigenvalue weighted by molar-refractivity contribution is -0.145. The van der Waals surface area contributed by atoms with E-state index >= 15 is 0 Å². The van der Waals surface area contributed by atoms with Gasteiger partial charge in [0.25, 0.3) is 5.91 Å². The molecule has 28 heavy (non-hydrogen) atoms. The van der Waals surface area contributed by atoms with Crippen LogP contribution in [0.2, 0.25) is 0 Å². The lowest BCUT2D eigenvalue weighted by atomic mass is 9.84. The van der Waals surface area contributed by atoms with Crippen molar-refractivity contribution in [1.29, 1.82) is 0 Å². The monoisotopic (exact) mass is 378 g/mol. The molecule has 1 aliphatic carbocycles. The highest BCUT2D eigenvalue weighted by Crippen LogP contribution is 2.41. The summed E-state index contributed by atoms with van der Waals surface area (Å²) in [5, 5.41) is 0. The molecule has 5 heteroatoms. The number of esters is 1. The van der Waals surface area contributed by atoms with Gasteiger partial charge in [-0.2, -0.15) is 0 Å². The summed E-state index contributed by atoms with van der Waals surface area (Å²) < 4.78 is 5.02. The Morgan fingerprint density at radius 3 is 2.54 bits per heavy atom. The van der Waals surface area contributed by atoms with Crippen LogP contribution in [0.5, 0.6) is 0 Å². The maximum Gasteiger partial charge on any atom is 0.328 e. The number of hydrogen-bond donors (Lipinski definition) is 0. The molecule has 1 amide bonds. The van der Waals surface area contributed by atoms with Crippen LogP contribution in [0.4, 0.5) is 0 Å².